The molecule has 1 saturated heterocycles. The maximum absolute atomic E-state index is 11.4. The van der Waals surface area contributed by atoms with Crippen LogP contribution in [-0.4, -0.2) is 31.3 Å². The molecule has 0 atom stereocenters. The molecule has 0 unspecified atom stereocenters. The molecular weight excluding hydrogens is 232 g/mol. The van der Waals surface area contributed by atoms with Crippen molar-refractivity contribution in [2.45, 2.75) is 18.8 Å². The van der Waals surface area contributed by atoms with E-state index in [1.165, 1.54) is 13.4 Å². The van der Waals surface area contributed by atoms with Crippen molar-refractivity contribution in [2.24, 2.45) is 0 Å². The fraction of sp³-hybridized carbons (Fsp3) is 0.600. The molecule has 0 radical (unpaired) electrons. The van der Waals surface area contributed by atoms with Crippen molar-refractivity contribution in [2.75, 3.05) is 20.2 Å². The van der Waals surface area contributed by atoms with Crippen molar-refractivity contribution >= 4 is 18.4 Å². The lowest BCUT2D eigenvalue weighted by atomic mass is 9.92. The Labute approximate surface area is 99.9 Å². The zero-order chi connectivity index (χ0) is 10.7. The Morgan fingerprint density at radius 1 is 1.56 bits per heavy atom. The zero-order valence-electron chi connectivity index (χ0n) is 9.06. The molecule has 1 aliphatic heterocycles. The van der Waals surface area contributed by atoms with Crippen molar-refractivity contribution in [1.29, 1.82) is 0 Å². The first-order valence-corrected chi connectivity index (χ1v) is 5.06. The summed E-state index contributed by atoms with van der Waals surface area (Å²) in [7, 11) is 1.36. The van der Waals surface area contributed by atoms with Crippen LogP contribution in [-0.2, 0) is 4.74 Å². The number of esters is 1. The zero-order valence-corrected chi connectivity index (χ0v) is 9.88. The minimum Gasteiger partial charge on any atom is -0.465 e. The lowest BCUT2D eigenvalue weighted by Gasteiger charge is -2.20. The topological polar surface area (TPSA) is 64.4 Å². The number of halogens is 1. The number of nitrogens with one attached hydrogen (secondary N) is 1. The van der Waals surface area contributed by atoms with Crippen molar-refractivity contribution in [3.8, 4) is 0 Å². The van der Waals surface area contributed by atoms with E-state index in [0.717, 1.165) is 31.6 Å². The molecule has 16 heavy (non-hydrogen) atoms. The molecule has 1 aliphatic rings. The molecule has 0 bridgehead atoms. The molecular formula is C10H15ClN2O3. The van der Waals surface area contributed by atoms with Crippen LogP contribution in [0.2, 0.25) is 0 Å². The van der Waals surface area contributed by atoms with Gasteiger partial charge in [-0.15, -0.1) is 12.4 Å². The van der Waals surface area contributed by atoms with Gasteiger partial charge in [0.05, 0.1) is 7.11 Å². The smallest absolute Gasteiger partial charge is 0.343 e. The Morgan fingerprint density at radius 2 is 2.25 bits per heavy atom. The average molecular weight is 247 g/mol. The Bertz CT molecular complexity index is 348. The quantitative estimate of drug-likeness (QED) is 0.798. The second kappa shape index (κ2) is 5.86. The molecule has 0 aliphatic carbocycles. The number of hydrogen-bond donors (Lipinski definition) is 1. The molecule has 2 heterocycles. The normalized spacial score (nSPS) is 16.6. The van der Waals surface area contributed by atoms with Crippen molar-refractivity contribution in [3.05, 3.63) is 17.5 Å². The van der Waals surface area contributed by atoms with E-state index in [1.54, 1.807) is 0 Å². The number of aromatic nitrogens is 1. The van der Waals surface area contributed by atoms with Crippen LogP contribution in [0.25, 0.3) is 0 Å². The summed E-state index contributed by atoms with van der Waals surface area (Å²) in [6.45, 7) is 1.91. The van der Waals surface area contributed by atoms with Crippen LogP contribution in [0.15, 0.2) is 10.8 Å². The van der Waals surface area contributed by atoms with Crippen molar-refractivity contribution in [1.82, 2.24) is 10.5 Å². The summed E-state index contributed by atoms with van der Waals surface area (Å²) in [6, 6.07) is 0. The van der Waals surface area contributed by atoms with Gasteiger partial charge in [0.2, 0.25) is 0 Å². The van der Waals surface area contributed by atoms with Gasteiger partial charge in [-0.05, 0) is 25.9 Å². The van der Waals surface area contributed by atoms with E-state index in [0.29, 0.717) is 11.5 Å². The molecule has 0 amide bonds. The monoisotopic (exact) mass is 246 g/mol. The Kier molecular flexibility index (Phi) is 4.76. The van der Waals surface area contributed by atoms with Gasteiger partial charge in [0.1, 0.15) is 17.5 Å². The minimum absolute atomic E-state index is 0. The maximum atomic E-state index is 11.4. The van der Waals surface area contributed by atoms with Gasteiger partial charge in [0, 0.05) is 5.92 Å². The predicted molar refractivity (Wildman–Crippen MR) is 59.9 cm³/mol. The number of rotatable bonds is 2. The van der Waals surface area contributed by atoms with Gasteiger partial charge in [-0.1, -0.05) is 5.16 Å². The minimum atomic E-state index is -0.371. The third-order valence-corrected chi connectivity index (χ3v) is 2.73. The standard InChI is InChI=1S/C10H14N2O3.ClH/c1-14-10(13)8-6-15-12-9(8)7-2-4-11-5-3-7;/h6-7,11H,2-5H2,1H3;1H. The van der Waals surface area contributed by atoms with E-state index in [4.69, 9.17) is 4.52 Å². The van der Waals surface area contributed by atoms with Crippen LogP contribution >= 0.6 is 12.4 Å². The average Bonchev–Trinajstić information content (AvgIpc) is 2.78. The lowest BCUT2D eigenvalue weighted by Crippen LogP contribution is -2.27. The number of carbonyl (C=O) groups excluding carboxylic acids is 1. The summed E-state index contributed by atoms with van der Waals surface area (Å²) in [5.74, 6) is -0.0658. The van der Waals surface area contributed by atoms with Crippen LogP contribution in [0.4, 0.5) is 0 Å². The summed E-state index contributed by atoms with van der Waals surface area (Å²) in [6.07, 6.45) is 3.33. The Balaban J connectivity index is 0.00000128. The summed E-state index contributed by atoms with van der Waals surface area (Å²) < 4.78 is 9.52. The van der Waals surface area contributed by atoms with E-state index < -0.39 is 0 Å². The van der Waals surface area contributed by atoms with Crippen LogP contribution in [0.3, 0.4) is 0 Å². The third-order valence-electron chi connectivity index (χ3n) is 2.73. The summed E-state index contributed by atoms with van der Waals surface area (Å²) in [4.78, 5) is 11.4. The van der Waals surface area contributed by atoms with E-state index >= 15 is 0 Å². The first-order chi connectivity index (χ1) is 7.33. The highest BCUT2D eigenvalue weighted by Crippen LogP contribution is 2.27. The fourth-order valence-corrected chi connectivity index (χ4v) is 1.90. The van der Waals surface area contributed by atoms with Gasteiger partial charge in [-0.25, -0.2) is 4.79 Å². The molecule has 1 aromatic rings. The number of piperidine rings is 1. The largest absolute Gasteiger partial charge is 0.465 e. The second-order valence-electron chi connectivity index (χ2n) is 3.63. The molecule has 1 fully saturated rings. The molecule has 90 valence electrons. The van der Waals surface area contributed by atoms with Gasteiger partial charge < -0.3 is 14.6 Å². The summed E-state index contributed by atoms with van der Waals surface area (Å²) >= 11 is 0. The third kappa shape index (κ3) is 2.54. The first-order valence-electron chi connectivity index (χ1n) is 5.06. The Morgan fingerprint density at radius 3 is 2.88 bits per heavy atom. The fourth-order valence-electron chi connectivity index (χ4n) is 1.90. The van der Waals surface area contributed by atoms with Gasteiger partial charge in [-0.3, -0.25) is 0 Å². The molecule has 2 rings (SSSR count). The van der Waals surface area contributed by atoms with E-state index in [1.807, 2.05) is 0 Å². The van der Waals surface area contributed by atoms with Gasteiger partial charge in [0.25, 0.3) is 0 Å². The first kappa shape index (κ1) is 13.0. The molecule has 0 saturated carbocycles. The van der Waals surface area contributed by atoms with Gasteiger partial charge >= 0.3 is 5.97 Å². The number of nitrogens with zero attached hydrogens (tertiary/aromatic N) is 1. The van der Waals surface area contributed by atoms with Crippen LogP contribution in [0, 0.1) is 0 Å². The van der Waals surface area contributed by atoms with Crippen LogP contribution in [0.5, 0.6) is 0 Å². The van der Waals surface area contributed by atoms with E-state index in [9.17, 15) is 4.79 Å². The number of methoxy groups -OCH3 is 1. The van der Waals surface area contributed by atoms with Crippen molar-refractivity contribution < 1.29 is 14.1 Å². The van der Waals surface area contributed by atoms with Gasteiger partial charge in [-0.2, -0.15) is 0 Å². The molecule has 5 nitrogen and oxygen atoms in total. The van der Waals surface area contributed by atoms with E-state index in [2.05, 4.69) is 15.2 Å². The second-order valence-corrected chi connectivity index (χ2v) is 3.63. The number of carbonyl (C=O) groups is 1. The Hall–Kier alpha value is -1.07. The summed E-state index contributed by atoms with van der Waals surface area (Å²) in [5.41, 5.74) is 1.20. The highest BCUT2D eigenvalue weighted by atomic mass is 35.5. The number of hydrogen-bond acceptors (Lipinski definition) is 5. The number of ether oxygens (including phenoxy) is 1. The maximum Gasteiger partial charge on any atom is 0.343 e. The van der Waals surface area contributed by atoms with Crippen LogP contribution in [0.1, 0.15) is 34.8 Å². The summed E-state index contributed by atoms with van der Waals surface area (Å²) in [5, 5.41) is 7.17. The molecule has 1 aromatic heterocycles. The molecule has 6 heteroatoms. The van der Waals surface area contributed by atoms with Crippen molar-refractivity contribution in [3.63, 3.8) is 0 Å². The highest BCUT2D eigenvalue weighted by Gasteiger charge is 2.25. The van der Waals surface area contributed by atoms with Crippen LogP contribution < -0.4 is 5.32 Å². The van der Waals surface area contributed by atoms with E-state index in [-0.39, 0.29) is 18.4 Å². The highest BCUT2D eigenvalue weighted by molar-refractivity contribution is 5.90. The lowest BCUT2D eigenvalue weighted by molar-refractivity contribution is 0.0598. The predicted octanol–water partition coefficient (Wildman–Crippen LogP) is 1.35. The SMILES string of the molecule is COC(=O)c1conc1C1CCNCC1.Cl. The molecule has 0 spiro atoms. The molecule has 0 aromatic carbocycles. The van der Waals surface area contributed by atoms with Gasteiger partial charge in [0.15, 0.2) is 0 Å². The molecule has 1 N–H and O–H groups in total.